The number of likely N-dealkylation sites (tertiary alicyclic amines) is 1. The highest BCUT2D eigenvalue weighted by atomic mass is 32.2. The van der Waals surface area contributed by atoms with Gasteiger partial charge in [-0.2, -0.15) is 0 Å². The number of aromatic nitrogens is 5. The van der Waals surface area contributed by atoms with Gasteiger partial charge in [0.15, 0.2) is 9.84 Å². The maximum Gasteiger partial charge on any atom is 0.236 e. The van der Waals surface area contributed by atoms with E-state index in [0.29, 0.717) is 25.6 Å². The second-order valence-corrected chi connectivity index (χ2v) is 11.0. The first-order valence-corrected chi connectivity index (χ1v) is 12.8. The highest BCUT2D eigenvalue weighted by Crippen LogP contribution is 2.22. The summed E-state index contributed by atoms with van der Waals surface area (Å²) in [5.41, 5.74) is 3.77. The van der Waals surface area contributed by atoms with Crippen LogP contribution in [-0.4, -0.2) is 93.3 Å². The van der Waals surface area contributed by atoms with Gasteiger partial charge >= 0.3 is 0 Å². The Bertz CT molecular complexity index is 1200. The van der Waals surface area contributed by atoms with E-state index < -0.39 is 9.84 Å². The Hall–Kier alpha value is -2.79. The summed E-state index contributed by atoms with van der Waals surface area (Å²) in [5.74, 6) is 0.875. The zero-order valence-corrected chi connectivity index (χ0v) is 18.7. The number of hydrogen-bond donors (Lipinski definition) is 1. The van der Waals surface area contributed by atoms with E-state index in [1.54, 1.807) is 11.0 Å². The fourth-order valence-electron chi connectivity index (χ4n) is 4.47. The van der Waals surface area contributed by atoms with Crippen LogP contribution in [0.1, 0.15) is 18.5 Å². The van der Waals surface area contributed by atoms with Crippen LogP contribution < -0.4 is 0 Å². The van der Waals surface area contributed by atoms with Gasteiger partial charge in [-0.3, -0.25) is 9.69 Å². The summed E-state index contributed by atoms with van der Waals surface area (Å²) in [6, 6.07) is 5.93. The fraction of sp³-hybridized carbons (Fsp3) is 0.524. The number of piperidine rings is 1. The molecule has 4 heterocycles. The van der Waals surface area contributed by atoms with Crippen LogP contribution in [0.3, 0.4) is 0 Å². The second-order valence-electron chi connectivity index (χ2n) is 8.71. The van der Waals surface area contributed by atoms with Crippen LogP contribution >= 0.6 is 0 Å². The Labute approximate surface area is 186 Å². The van der Waals surface area contributed by atoms with Crippen LogP contribution in [0.25, 0.3) is 16.7 Å². The number of benzene rings is 1. The fourth-order valence-corrected chi connectivity index (χ4v) is 5.74. The van der Waals surface area contributed by atoms with Gasteiger partial charge in [0.1, 0.15) is 0 Å². The van der Waals surface area contributed by atoms with Crippen molar-refractivity contribution in [1.29, 1.82) is 0 Å². The van der Waals surface area contributed by atoms with E-state index >= 15 is 0 Å². The molecule has 3 aromatic rings. The Balaban J connectivity index is 1.12. The quantitative estimate of drug-likeness (QED) is 0.598. The van der Waals surface area contributed by atoms with E-state index in [4.69, 9.17) is 0 Å². The molecule has 32 heavy (non-hydrogen) atoms. The number of sulfone groups is 1. The lowest BCUT2D eigenvalue weighted by atomic mass is 9.92. The molecule has 1 amide bonds. The molecule has 0 spiro atoms. The number of carbonyl (C=O) groups excluding carboxylic acids is 1. The first-order valence-electron chi connectivity index (χ1n) is 11.0. The minimum absolute atomic E-state index is 0.0999. The van der Waals surface area contributed by atoms with E-state index in [-0.39, 0.29) is 17.4 Å². The lowest BCUT2D eigenvalue weighted by molar-refractivity contribution is -0.133. The number of nitrogens with one attached hydrogen (secondary N) is 1. The largest absolute Gasteiger partial charge is 0.345 e. The highest BCUT2D eigenvalue weighted by Gasteiger charge is 2.27. The van der Waals surface area contributed by atoms with Gasteiger partial charge in [-0.05, 0) is 43.4 Å². The Morgan fingerprint density at radius 1 is 1.12 bits per heavy atom. The molecule has 2 aromatic heterocycles. The number of H-pyrrole nitrogens is 1. The molecule has 0 saturated carbocycles. The first-order chi connectivity index (χ1) is 15.4. The molecule has 1 aromatic carbocycles. The van der Waals surface area contributed by atoms with Crippen LogP contribution in [0.2, 0.25) is 0 Å². The molecule has 2 aliphatic heterocycles. The van der Waals surface area contributed by atoms with Crippen LogP contribution in [-0.2, 0) is 21.1 Å². The third-order valence-electron chi connectivity index (χ3n) is 6.47. The molecular weight excluding hydrogens is 430 g/mol. The molecule has 0 atom stereocenters. The normalized spacial score (nSPS) is 20.1. The van der Waals surface area contributed by atoms with E-state index in [1.165, 1.54) is 0 Å². The summed E-state index contributed by atoms with van der Waals surface area (Å²) in [6.45, 7) is 2.69. The molecule has 2 aliphatic rings. The maximum atomic E-state index is 12.6. The van der Waals surface area contributed by atoms with Crippen molar-refractivity contribution in [3.05, 3.63) is 36.4 Å². The SMILES string of the molecule is O=C(CN1CCS(=O)(=O)CC1)N1CCC(Cc2cn(-c3ccc4nc[nH]c4c3)nn2)CC1. The smallest absolute Gasteiger partial charge is 0.236 e. The van der Waals surface area contributed by atoms with Gasteiger partial charge in [0.25, 0.3) is 0 Å². The van der Waals surface area contributed by atoms with Crippen molar-refractivity contribution in [2.45, 2.75) is 19.3 Å². The van der Waals surface area contributed by atoms with Gasteiger partial charge in [-0.1, -0.05) is 5.21 Å². The molecule has 1 N–H and O–H groups in total. The monoisotopic (exact) mass is 457 g/mol. The van der Waals surface area contributed by atoms with Gasteiger partial charge in [-0.25, -0.2) is 18.1 Å². The van der Waals surface area contributed by atoms with Crippen molar-refractivity contribution in [2.24, 2.45) is 5.92 Å². The summed E-state index contributed by atoms with van der Waals surface area (Å²) in [6.07, 6.45) is 6.37. The Morgan fingerprint density at radius 3 is 2.69 bits per heavy atom. The van der Waals surface area contributed by atoms with Gasteiger partial charge in [0.05, 0.1) is 53.0 Å². The number of amides is 1. The maximum absolute atomic E-state index is 12.6. The Kier molecular flexibility index (Phi) is 5.68. The lowest BCUT2D eigenvalue weighted by Crippen LogP contribution is -2.48. The highest BCUT2D eigenvalue weighted by molar-refractivity contribution is 7.91. The van der Waals surface area contributed by atoms with Crippen molar-refractivity contribution in [3.63, 3.8) is 0 Å². The third-order valence-corrected chi connectivity index (χ3v) is 8.08. The van der Waals surface area contributed by atoms with Gasteiger partial charge in [0.2, 0.25) is 5.91 Å². The van der Waals surface area contributed by atoms with Crippen LogP contribution in [0.4, 0.5) is 0 Å². The summed E-state index contributed by atoms with van der Waals surface area (Å²) in [4.78, 5) is 23.8. The predicted octanol–water partition coefficient (Wildman–Crippen LogP) is 0.655. The zero-order valence-electron chi connectivity index (χ0n) is 17.9. The van der Waals surface area contributed by atoms with Crippen molar-refractivity contribution >= 4 is 26.8 Å². The van der Waals surface area contributed by atoms with E-state index in [2.05, 4.69) is 20.3 Å². The van der Waals surface area contributed by atoms with E-state index in [1.807, 2.05) is 34.2 Å². The molecule has 2 saturated heterocycles. The van der Waals surface area contributed by atoms with Crippen LogP contribution in [0, 0.1) is 5.92 Å². The number of aromatic amines is 1. The minimum atomic E-state index is -2.92. The molecule has 2 fully saturated rings. The van der Waals surface area contributed by atoms with Gasteiger partial charge < -0.3 is 9.88 Å². The first kappa shape index (κ1) is 21.1. The number of hydrogen-bond acceptors (Lipinski definition) is 7. The zero-order chi connectivity index (χ0) is 22.1. The topological polar surface area (TPSA) is 117 Å². The summed E-state index contributed by atoms with van der Waals surface area (Å²) in [7, 11) is -2.92. The van der Waals surface area contributed by atoms with Crippen molar-refractivity contribution in [3.8, 4) is 5.69 Å². The molecular formula is C21H27N7O3S. The number of carbonyl (C=O) groups is 1. The molecule has 0 radical (unpaired) electrons. The average Bonchev–Trinajstić information content (AvgIpc) is 3.44. The molecule has 170 valence electrons. The summed E-state index contributed by atoms with van der Waals surface area (Å²) < 4.78 is 24.9. The molecule has 11 heteroatoms. The summed E-state index contributed by atoms with van der Waals surface area (Å²) in [5, 5.41) is 8.63. The lowest BCUT2D eigenvalue weighted by Gasteiger charge is -2.34. The second kappa shape index (κ2) is 8.62. The Morgan fingerprint density at radius 2 is 1.91 bits per heavy atom. The number of nitrogens with zero attached hydrogens (tertiary/aromatic N) is 6. The number of imidazole rings is 1. The minimum Gasteiger partial charge on any atom is -0.345 e. The van der Waals surface area contributed by atoms with Crippen molar-refractivity contribution < 1.29 is 13.2 Å². The number of fused-ring (bicyclic) bond motifs is 1. The van der Waals surface area contributed by atoms with Crippen molar-refractivity contribution in [2.75, 3.05) is 44.2 Å². The molecule has 10 nitrogen and oxygen atoms in total. The van der Waals surface area contributed by atoms with Crippen LogP contribution in [0.15, 0.2) is 30.7 Å². The molecule has 0 bridgehead atoms. The molecule has 5 rings (SSSR count). The van der Waals surface area contributed by atoms with Crippen LogP contribution in [0.5, 0.6) is 0 Å². The van der Waals surface area contributed by atoms with Crippen molar-refractivity contribution in [1.82, 2.24) is 34.8 Å². The average molecular weight is 458 g/mol. The van der Waals surface area contributed by atoms with Gasteiger partial charge in [0, 0.05) is 26.2 Å². The predicted molar refractivity (Wildman–Crippen MR) is 119 cm³/mol. The van der Waals surface area contributed by atoms with Gasteiger partial charge in [-0.15, -0.1) is 5.10 Å². The van der Waals surface area contributed by atoms with E-state index in [9.17, 15) is 13.2 Å². The third kappa shape index (κ3) is 4.68. The standard InChI is InChI=1S/C21H27N7O3S/c29-21(14-26-7-9-32(30,31)10-8-26)27-5-3-16(4-6-27)11-17-13-28(25-24-17)18-1-2-19-20(12-18)23-15-22-19/h1-2,12-13,15-16H,3-11,14H2,(H,22,23). The van der Waals surface area contributed by atoms with E-state index in [0.717, 1.165) is 54.8 Å². The number of rotatable bonds is 5. The summed E-state index contributed by atoms with van der Waals surface area (Å²) >= 11 is 0. The molecule has 0 aliphatic carbocycles. The molecule has 0 unspecified atom stereocenters.